The molecule has 1 aliphatic rings. The quantitative estimate of drug-likeness (QED) is 0.672. The number of alkyl halides is 1. The van der Waals surface area contributed by atoms with Crippen molar-refractivity contribution in [3.8, 4) is 0 Å². The highest BCUT2D eigenvalue weighted by Crippen LogP contribution is 2.22. The number of aromatic nitrogens is 4. The van der Waals surface area contributed by atoms with Crippen molar-refractivity contribution in [2.24, 2.45) is 13.0 Å². The number of aryl methyl sites for hydroxylation is 1. The van der Waals surface area contributed by atoms with Crippen LogP contribution in [0.3, 0.4) is 0 Å². The number of ether oxygens (including phenoxy) is 1. The van der Waals surface area contributed by atoms with Gasteiger partial charge in [-0.05, 0) is 11.6 Å². The lowest BCUT2D eigenvalue weighted by molar-refractivity contribution is 0.0570. The van der Waals surface area contributed by atoms with Gasteiger partial charge < -0.3 is 4.74 Å². The maximum atomic E-state index is 6.18. The second-order valence-corrected chi connectivity index (χ2v) is 4.10. The highest BCUT2D eigenvalue weighted by Gasteiger charge is 2.25. The number of hydrogen-bond donors (Lipinski definition) is 0. The van der Waals surface area contributed by atoms with Gasteiger partial charge in [0, 0.05) is 24.3 Å². The first kappa shape index (κ1) is 9.86. The molecule has 1 aromatic heterocycles. The third-order valence-corrected chi connectivity index (χ3v) is 2.95. The van der Waals surface area contributed by atoms with Gasteiger partial charge in [-0.25, -0.2) is 0 Å². The molecule has 6 heteroatoms. The Hall–Kier alpha value is -0.680. The summed E-state index contributed by atoms with van der Waals surface area (Å²) in [4.78, 5) is 1.46. The fraction of sp³-hybridized carbons (Fsp3) is 0.875. The van der Waals surface area contributed by atoms with Crippen LogP contribution in [-0.2, 0) is 18.2 Å². The van der Waals surface area contributed by atoms with E-state index in [0.717, 1.165) is 25.3 Å². The monoisotopic (exact) mass is 216 g/mol. The van der Waals surface area contributed by atoms with Crippen molar-refractivity contribution in [1.29, 1.82) is 0 Å². The molecule has 1 aliphatic heterocycles. The Labute approximate surface area is 87.4 Å². The van der Waals surface area contributed by atoms with Gasteiger partial charge in [-0.15, -0.1) is 21.8 Å². The Morgan fingerprint density at radius 2 is 2.50 bits per heavy atom. The molecule has 0 amide bonds. The molecule has 0 radical (unpaired) electrons. The van der Waals surface area contributed by atoms with Gasteiger partial charge in [-0.1, -0.05) is 0 Å². The minimum absolute atomic E-state index is 0.174. The summed E-state index contributed by atoms with van der Waals surface area (Å²) in [5.41, 5.74) is 0. The number of halogens is 1. The SMILES string of the molecule is Cn1nnc(CC2COCCC2Cl)n1. The van der Waals surface area contributed by atoms with Crippen molar-refractivity contribution in [3.63, 3.8) is 0 Å². The van der Waals surface area contributed by atoms with Crippen LogP contribution in [0.5, 0.6) is 0 Å². The number of tetrazole rings is 1. The predicted octanol–water partition coefficient (Wildman–Crippen LogP) is 0.396. The first-order valence-corrected chi connectivity index (χ1v) is 5.14. The van der Waals surface area contributed by atoms with Crippen LogP contribution in [0, 0.1) is 5.92 Å². The van der Waals surface area contributed by atoms with E-state index in [-0.39, 0.29) is 5.38 Å². The van der Waals surface area contributed by atoms with Gasteiger partial charge in [-0.3, -0.25) is 0 Å². The van der Waals surface area contributed by atoms with Gasteiger partial charge in [0.15, 0.2) is 5.82 Å². The first-order valence-electron chi connectivity index (χ1n) is 4.70. The summed E-state index contributed by atoms with van der Waals surface area (Å²) in [6.07, 6.45) is 1.66. The van der Waals surface area contributed by atoms with Crippen molar-refractivity contribution >= 4 is 11.6 Å². The van der Waals surface area contributed by atoms with Crippen LogP contribution in [0.25, 0.3) is 0 Å². The molecule has 0 spiro atoms. The van der Waals surface area contributed by atoms with Crippen LogP contribution in [0.15, 0.2) is 0 Å². The third kappa shape index (κ3) is 2.22. The molecule has 1 fully saturated rings. The molecule has 0 bridgehead atoms. The molecule has 1 saturated heterocycles. The summed E-state index contributed by atoms with van der Waals surface area (Å²) in [6.45, 7) is 1.46. The summed E-state index contributed by atoms with van der Waals surface area (Å²) in [6, 6.07) is 0. The summed E-state index contributed by atoms with van der Waals surface area (Å²) in [7, 11) is 1.76. The normalized spacial score (nSPS) is 27.9. The molecule has 0 aliphatic carbocycles. The van der Waals surface area contributed by atoms with Crippen LogP contribution in [0.4, 0.5) is 0 Å². The van der Waals surface area contributed by atoms with Crippen LogP contribution in [-0.4, -0.2) is 38.8 Å². The molecular formula is C8H13ClN4O. The van der Waals surface area contributed by atoms with E-state index in [1.165, 1.54) is 4.80 Å². The predicted molar refractivity (Wildman–Crippen MR) is 51.1 cm³/mol. The van der Waals surface area contributed by atoms with E-state index in [0.29, 0.717) is 12.5 Å². The zero-order valence-electron chi connectivity index (χ0n) is 8.06. The number of hydrogen-bond acceptors (Lipinski definition) is 4. The lowest BCUT2D eigenvalue weighted by Crippen LogP contribution is -2.30. The summed E-state index contributed by atoms with van der Waals surface area (Å²) in [5.74, 6) is 1.06. The molecule has 0 aromatic carbocycles. The summed E-state index contributed by atoms with van der Waals surface area (Å²) >= 11 is 6.18. The van der Waals surface area contributed by atoms with Gasteiger partial charge in [0.05, 0.1) is 13.7 Å². The topological polar surface area (TPSA) is 52.8 Å². The average molecular weight is 217 g/mol. The van der Waals surface area contributed by atoms with E-state index in [2.05, 4.69) is 15.4 Å². The van der Waals surface area contributed by atoms with Gasteiger partial charge in [0.1, 0.15) is 0 Å². The van der Waals surface area contributed by atoms with Crippen molar-refractivity contribution < 1.29 is 4.74 Å². The molecule has 2 unspecified atom stereocenters. The highest BCUT2D eigenvalue weighted by atomic mass is 35.5. The van der Waals surface area contributed by atoms with E-state index in [1.807, 2.05) is 0 Å². The van der Waals surface area contributed by atoms with Gasteiger partial charge >= 0.3 is 0 Å². The van der Waals surface area contributed by atoms with Crippen molar-refractivity contribution in [1.82, 2.24) is 20.2 Å². The lowest BCUT2D eigenvalue weighted by atomic mass is 9.98. The van der Waals surface area contributed by atoms with E-state index in [9.17, 15) is 0 Å². The fourth-order valence-corrected chi connectivity index (χ4v) is 1.85. The Morgan fingerprint density at radius 1 is 1.64 bits per heavy atom. The largest absolute Gasteiger partial charge is 0.381 e. The minimum Gasteiger partial charge on any atom is -0.381 e. The van der Waals surface area contributed by atoms with Crippen molar-refractivity contribution in [2.75, 3.05) is 13.2 Å². The van der Waals surface area contributed by atoms with Gasteiger partial charge in [-0.2, -0.15) is 4.80 Å². The number of nitrogens with zero attached hydrogens (tertiary/aromatic N) is 4. The lowest BCUT2D eigenvalue weighted by Gasteiger charge is -2.25. The zero-order valence-corrected chi connectivity index (χ0v) is 8.81. The van der Waals surface area contributed by atoms with E-state index in [4.69, 9.17) is 16.3 Å². The second kappa shape index (κ2) is 4.23. The smallest absolute Gasteiger partial charge is 0.175 e. The molecule has 2 rings (SSSR count). The Bertz CT molecular complexity index is 303. The van der Waals surface area contributed by atoms with Gasteiger partial charge in [0.2, 0.25) is 0 Å². The standard InChI is InChI=1S/C8H13ClN4O/c1-13-11-8(10-12-13)4-6-5-14-3-2-7(6)9/h6-7H,2-5H2,1H3. The van der Waals surface area contributed by atoms with Gasteiger partial charge in [0.25, 0.3) is 0 Å². The molecule has 5 nitrogen and oxygen atoms in total. The molecule has 14 heavy (non-hydrogen) atoms. The molecule has 78 valence electrons. The van der Waals surface area contributed by atoms with Crippen LogP contribution >= 0.6 is 11.6 Å². The third-order valence-electron chi connectivity index (χ3n) is 2.38. The maximum Gasteiger partial charge on any atom is 0.175 e. The summed E-state index contributed by atoms with van der Waals surface area (Å²) < 4.78 is 5.36. The number of rotatable bonds is 2. The van der Waals surface area contributed by atoms with Crippen molar-refractivity contribution in [3.05, 3.63) is 5.82 Å². The molecule has 2 atom stereocenters. The Balaban J connectivity index is 1.95. The zero-order chi connectivity index (χ0) is 9.97. The highest BCUT2D eigenvalue weighted by molar-refractivity contribution is 6.20. The maximum absolute atomic E-state index is 6.18. The molecule has 2 heterocycles. The van der Waals surface area contributed by atoms with E-state index < -0.39 is 0 Å². The van der Waals surface area contributed by atoms with Crippen LogP contribution in [0.2, 0.25) is 0 Å². The van der Waals surface area contributed by atoms with Crippen LogP contribution < -0.4 is 0 Å². The fourth-order valence-electron chi connectivity index (χ4n) is 1.60. The average Bonchev–Trinajstić information content (AvgIpc) is 2.56. The minimum atomic E-state index is 0.174. The molecule has 0 N–H and O–H groups in total. The van der Waals surface area contributed by atoms with Crippen molar-refractivity contribution in [2.45, 2.75) is 18.2 Å². The van der Waals surface area contributed by atoms with E-state index in [1.54, 1.807) is 7.05 Å². The molecule has 1 aromatic rings. The Morgan fingerprint density at radius 3 is 3.14 bits per heavy atom. The summed E-state index contributed by atoms with van der Waals surface area (Å²) in [5, 5.41) is 12.0. The Kier molecular flexibility index (Phi) is 2.98. The molecular weight excluding hydrogens is 204 g/mol. The van der Waals surface area contributed by atoms with E-state index >= 15 is 0 Å². The van der Waals surface area contributed by atoms with Crippen LogP contribution in [0.1, 0.15) is 12.2 Å². The molecule has 0 saturated carbocycles. The first-order chi connectivity index (χ1) is 6.75. The second-order valence-electron chi connectivity index (χ2n) is 3.54.